The van der Waals surface area contributed by atoms with Gasteiger partial charge in [0.05, 0.1) is 13.7 Å². The molecule has 1 aromatic heterocycles. The highest BCUT2D eigenvalue weighted by atomic mass is 127. The van der Waals surface area contributed by atoms with Gasteiger partial charge < -0.3 is 10.1 Å². The zero-order chi connectivity index (χ0) is 24.5. The van der Waals surface area contributed by atoms with Crippen LogP contribution in [0.4, 0.5) is 5.69 Å². The number of benzene rings is 1. The highest BCUT2D eigenvalue weighted by Crippen LogP contribution is 2.35. The van der Waals surface area contributed by atoms with Gasteiger partial charge in [0.15, 0.2) is 5.69 Å². The van der Waals surface area contributed by atoms with Crippen molar-refractivity contribution in [3.8, 4) is 0 Å². The Kier molecular flexibility index (Phi) is 7.30. The molecule has 2 amide bonds. The average molecular weight is 578 g/mol. The van der Waals surface area contributed by atoms with Crippen LogP contribution in [0.3, 0.4) is 0 Å². The molecule has 1 saturated carbocycles. The third-order valence-electron chi connectivity index (χ3n) is 6.88. The van der Waals surface area contributed by atoms with Gasteiger partial charge in [-0.3, -0.25) is 19.2 Å². The normalized spacial score (nSPS) is 21.1. The standard InChI is InChI=1S/C25H31IN4O4/c1-16-12-17(14-26)10-11-20(16)30-22(31)21-13-19(23(32)34-3)28-29(21)15-25(30,2)24(33)27-18-8-6-4-5-7-9-18/h10-13,18H,4-9,14-15H2,1-3H3,(H,27,33). The molecule has 1 N–H and O–H groups in total. The van der Waals surface area contributed by atoms with Crippen LogP contribution in [0, 0.1) is 6.92 Å². The summed E-state index contributed by atoms with van der Waals surface area (Å²) in [6, 6.07) is 7.47. The topological polar surface area (TPSA) is 93.5 Å². The molecule has 1 aliphatic heterocycles. The van der Waals surface area contributed by atoms with Gasteiger partial charge in [0.25, 0.3) is 5.91 Å². The number of anilines is 1. The highest BCUT2D eigenvalue weighted by molar-refractivity contribution is 14.1. The molecule has 0 radical (unpaired) electrons. The highest BCUT2D eigenvalue weighted by Gasteiger charge is 2.50. The SMILES string of the molecule is COC(=O)c1cc2n(n1)CC(C)(C(=O)NC1CCCCCC1)N(c1ccc(CI)cc1C)C2=O. The summed E-state index contributed by atoms with van der Waals surface area (Å²) < 4.78 is 7.11. The third kappa shape index (κ3) is 4.58. The molecule has 2 aromatic rings. The number of carbonyl (C=O) groups is 3. The molecule has 0 spiro atoms. The Bertz CT molecular complexity index is 1110. The molecule has 34 heavy (non-hydrogen) atoms. The van der Waals surface area contributed by atoms with E-state index in [1.807, 2.05) is 25.1 Å². The Morgan fingerprint density at radius 2 is 1.91 bits per heavy atom. The van der Waals surface area contributed by atoms with Crippen LogP contribution in [-0.2, 0) is 20.5 Å². The quantitative estimate of drug-likeness (QED) is 0.249. The molecule has 8 nitrogen and oxygen atoms in total. The second kappa shape index (κ2) is 10.1. The molecule has 2 aliphatic rings. The zero-order valence-corrected chi connectivity index (χ0v) is 22.1. The number of hydrogen-bond acceptors (Lipinski definition) is 5. The molecule has 2 heterocycles. The van der Waals surface area contributed by atoms with Crippen molar-refractivity contribution in [1.82, 2.24) is 15.1 Å². The number of fused-ring (bicyclic) bond motifs is 1. The number of aryl methyl sites for hydroxylation is 1. The molecular formula is C25H31IN4O4. The molecule has 1 fully saturated rings. The second-order valence-corrected chi connectivity index (χ2v) is 10.2. The van der Waals surface area contributed by atoms with Crippen LogP contribution < -0.4 is 10.2 Å². The summed E-state index contributed by atoms with van der Waals surface area (Å²) >= 11 is 2.30. The second-order valence-electron chi connectivity index (χ2n) is 9.39. The van der Waals surface area contributed by atoms with E-state index >= 15 is 0 Å². The Hall–Kier alpha value is -2.43. The fourth-order valence-corrected chi connectivity index (χ4v) is 5.45. The van der Waals surface area contributed by atoms with Gasteiger partial charge in [-0.05, 0) is 43.9 Å². The average Bonchev–Trinajstić information content (AvgIpc) is 3.08. The summed E-state index contributed by atoms with van der Waals surface area (Å²) in [7, 11) is 1.27. The maximum atomic E-state index is 13.8. The van der Waals surface area contributed by atoms with E-state index in [2.05, 4.69) is 33.0 Å². The lowest BCUT2D eigenvalue weighted by Crippen LogP contribution is -2.65. The van der Waals surface area contributed by atoms with Crippen molar-refractivity contribution in [2.45, 2.75) is 74.9 Å². The van der Waals surface area contributed by atoms with Crippen molar-refractivity contribution in [3.05, 3.63) is 46.8 Å². The monoisotopic (exact) mass is 578 g/mol. The Morgan fingerprint density at radius 3 is 2.53 bits per heavy atom. The van der Waals surface area contributed by atoms with Crippen molar-refractivity contribution in [3.63, 3.8) is 0 Å². The number of amides is 2. The Labute approximate surface area is 213 Å². The van der Waals surface area contributed by atoms with Crippen LogP contribution in [0.15, 0.2) is 24.3 Å². The number of rotatable bonds is 5. The van der Waals surface area contributed by atoms with E-state index in [0.717, 1.165) is 41.2 Å². The van der Waals surface area contributed by atoms with E-state index in [4.69, 9.17) is 4.74 Å². The summed E-state index contributed by atoms with van der Waals surface area (Å²) in [6.45, 7) is 3.87. The lowest BCUT2D eigenvalue weighted by atomic mass is 9.92. The number of nitrogens with one attached hydrogen (secondary N) is 1. The van der Waals surface area contributed by atoms with Gasteiger partial charge in [-0.15, -0.1) is 0 Å². The number of ether oxygens (including phenoxy) is 1. The van der Waals surface area contributed by atoms with Gasteiger partial charge in [-0.2, -0.15) is 5.10 Å². The molecule has 9 heteroatoms. The third-order valence-corrected chi connectivity index (χ3v) is 7.76. The van der Waals surface area contributed by atoms with Crippen molar-refractivity contribution in [1.29, 1.82) is 0 Å². The first-order valence-corrected chi connectivity index (χ1v) is 13.3. The molecule has 0 bridgehead atoms. The molecule has 1 atom stereocenters. The Balaban J connectivity index is 1.77. The fourth-order valence-electron chi connectivity index (χ4n) is 4.98. The zero-order valence-electron chi connectivity index (χ0n) is 19.9. The number of aromatic nitrogens is 2. The summed E-state index contributed by atoms with van der Waals surface area (Å²) in [5.41, 5.74) is 1.84. The lowest BCUT2D eigenvalue weighted by molar-refractivity contribution is -0.127. The number of hydrogen-bond donors (Lipinski definition) is 1. The van der Waals surface area contributed by atoms with E-state index in [1.165, 1.54) is 30.7 Å². The van der Waals surface area contributed by atoms with Crippen molar-refractivity contribution < 1.29 is 19.1 Å². The fraction of sp³-hybridized carbons (Fsp3) is 0.520. The minimum atomic E-state index is -1.22. The Morgan fingerprint density at radius 1 is 1.21 bits per heavy atom. The molecule has 182 valence electrons. The van der Waals surface area contributed by atoms with E-state index in [0.29, 0.717) is 5.69 Å². The van der Waals surface area contributed by atoms with E-state index < -0.39 is 11.5 Å². The van der Waals surface area contributed by atoms with Crippen molar-refractivity contribution in [2.24, 2.45) is 0 Å². The van der Waals surface area contributed by atoms with Crippen LogP contribution >= 0.6 is 22.6 Å². The van der Waals surface area contributed by atoms with Crippen molar-refractivity contribution in [2.75, 3.05) is 12.0 Å². The smallest absolute Gasteiger partial charge is 0.358 e. The molecule has 1 aliphatic carbocycles. The maximum absolute atomic E-state index is 13.8. The molecule has 4 rings (SSSR count). The molecule has 1 unspecified atom stereocenters. The van der Waals surface area contributed by atoms with E-state index in [-0.39, 0.29) is 35.8 Å². The van der Waals surface area contributed by atoms with Crippen LogP contribution in [0.5, 0.6) is 0 Å². The number of methoxy groups -OCH3 is 1. The van der Waals surface area contributed by atoms with Crippen LogP contribution in [0.1, 0.15) is 77.6 Å². The molecule has 0 saturated heterocycles. The summed E-state index contributed by atoms with van der Waals surface area (Å²) in [6.07, 6.45) is 6.43. The first kappa shape index (κ1) is 24.7. The number of nitrogens with zero attached hydrogens (tertiary/aromatic N) is 3. The van der Waals surface area contributed by atoms with E-state index in [9.17, 15) is 14.4 Å². The van der Waals surface area contributed by atoms with E-state index in [1.54, 1.807) is 11.8 Å². The van der Waals surface area contributed by atoms with Gasteiger partial charge in [-0.25, -0.2) is 4.79 Å². The number of carbonyl (C=O) groups excluding carboxylic acids is 3. The molecule has 1 aromatic carbocycles. The lowest BCUT2D eigenvalue weighted by Gasteiger charge is -2.44. The minimum Gasteiger partial charge on any atom is -0.464 e. The number of halogens is 1. The summed E-state index contributed by atoms with van der Waals surface area (Å²) in [5.74, 6) is -1.18. The summed E-state index contributed by atoms with van der Waals surface area (Å²) in [5, 5.41) is 7.54. The first-order valence-electron chi connectivity index (χ1n) is 11.8. The minimum absolute atomic E-state index is 0.0520. The number of alkyl halides is 1. The van der Waals surface area contributed by atoms with Gasteiger partial charge in [0, 0.05) is 22.2 Å². The van der Waals surface area contributed by atoms with Crippen LogP contribution in [0.25, 0.3) is 0 Å². The predicted molar refractivity (Wildman–Crippen MR) is 137 cm³/mol. The van der Waals surface area contributed by atoms with Gasteiger partial charge in [-0.1, -0.05) is 60.4 Å². The van der Waals surface area contributed by atoms with Gasteiger partial charge in [0.1, 0.15) is 11.2 Å². The first-order chi connectivity index (χ1) is 16.3. The predicted octanol–water partition coefficient (Wildman–Crippen LogP) is 4.17. The summed E-state index contributed by atoms with van der Waals surface area (Å²) in [4.78, 5) is 41.4. The van der Waals surface area contributed by atoms with Crippen LogP contribution in [0.2, 0.25) is 0 Å². The molecular weight excluding hydrogens is 547 g/mol. The number of esters is 1. The maximum Gasteiger partial charge on any atom is 0.358 e. The van der Waals surface area contributed by atoms with Crippen LogP contribution in [-0.4, -0.2) is 46.3 Å². The largest absolute Gasteiger partial charge is 0.464 e. The van der Waals surface area contributed by atoms with Gasteiger partial charge in [0.2, 0.25) is 5.91 Å². The van der Waals surface area contributed by atoms with Crippen molar-refractivity contribution >= 4 is 46.1 Å². The van der Waals surface area contributed by atoms with Gasteiger partial charge >= 0.3 is 5.97 Å².